The lowest BCUT2D eigenvalue weighted by atomic mass is 10.2. The Balaban J connectivity index is 3.27. The van der Waals surface area contributed by atoms with Crippen molar-refractivity contribution in [1.82, 2.24) is 0 Å². The van der Waals surface area contributed by atoms with Gasteiger partial charge in [-0.3, -0.25) is 4.79 Å². The molecule has 0 unspecified atom stereocenters. The van der Waals surface area contributed by atoms with E-state index in [4.69, 9.17) is 17.3 Å². The molecule has 1 aromatic carbocycles. The lowest BCUT2D eigenvalue weighted by molar-refractivity contribution is 0.108. The minimum Gasteiger partial charge on any atom is -0.397 e. The lowest BCUT2D eigenvalue weighted by Crippen LogP contribution is -1.97. The van der Waals surface area contributed by atoms with Crippen LogP contribution in [-0.2, 0) is 0 Å². The summed E-state index contributed by atoms with van der Waals surface area (Å²) >= 11 is 9.25. The third-order valence-corrected chi connectivity index (χ3v) is 1.89. The van der Waals surface area contributed by atoms with Crippen LogP contribution in [0.25, 0.3) is 0 Å². The van der Waals surface area contributed by atoms with Gasteiger partial charge in [-0.15, -0.1) is 12.6 Å². The molecule has 11 heavy (non-hydrogen) atoms. The Bertz CT molecular complexity index is 300. The van der Waals surface area contributed by atoms with E-state index in [0.29, 0.717) is 16.1 Å². The van der Waals surface area contributed by atoms with Gasteiger partial charge < -0.3 is 5.73 Å². The molecule has 1 rings (SSSR count). The fourth-order valence-corrected chi connectivity index (χ4v) is 1.10. The van der Waals surface area contributed by atoms with Gasteiger partial charge in [0.1, 0.15) is 0 Å². The molecule has 0 aliphatic heterocycles. The van der Waals surface area contributed by atoms with Gasteiger partial charge in [-0.2, -0.15) is 0 Å². The smallest absolute Gasteiger partial charge is 0.254 e. The van der Waals surface area contributed by atoms with Crippen molar-refractivity contribution in [3.05, 3.63) is 23.8 Å². The quantitative estimate of drug-likeness (QED) is 0.401. The van der Waals surface area contributed by atoms with E-state index in [1.807, 2.05) is 0 Å². The van der Waals surface area contributed by atoms with Crippen LogP contribution in [0.2, 0.25) is 0 Å². The molecule has 0 bridgehead atoms. The molecule has 1 aromatic rings. The molecule has 0 saturated heterocycles. The molecule has 2 N–H and O–H groups in total. The summed E-state index contributed by atoms with van der Waals surface area (Å²) in [6.45, 7) is 0. The average Bonchev–Trinajstić information content (AvgIpc) is 1.94. The summed E-state index contributed by atoms with van der Waals surface area (Å²) in [5, 5.41) is -0.557. The molecule has 4 heteroatoms. The van der Waals surface area contributed by atoms with Crippen LogP contribution < -0.4 is 5.73 Å². The van der Waals surface area contributed by atoms with Gasteiger partial charge >= 0.3 is 0 Å². The van der Waals surface area contributed by atoms with E-state index in [1.165, 1.54) is 0 Å². The average molecular weight is 188 g/mol. The maximum Gasteiger partial charge on any atom is 0.254 e. The van der Waals surface area contributed by atoms with Crippen molar-refractivity contribution in [2.24, 2.45) is 0 Å². The second kappa shape index (κ2) is 3.15. The van der Waals surface area contributed by atoms with Gasteiger partial charge in [0, 0.05) is 4.90 Å². The number of carbonyl (C=O) groups excluding carboxylic acids is 1. The molecule has 0 spiro atoms. The first-order chi connectivity index (χ1) is 5.13. The van der Waals surface area contributed by atoms with Crippen LogP contribution in [0.4, 0.5) is 5.69 Å². The summed E-state index contributed by atoms with van der Waals surface area (Å²) in [6.07, 6.45) is 0. The van der Waals surface area contributed by atoms with Crippen molar-refractivity contribution >= 4 is 35.2 Å². The largest absolute Gasteiger partial charge is 0.397 e. The van der Waals surface area contributed by atoms with Gasteiger partial charge in [0.25, 0.3) is 5.24 Å². The van der Waals surface area contributed by atoms with E-state index in [0.717, 1.165) is 0 Å². The molecule has 0 aliphatic carbocycles. The number of thiol groups is 1. The molecule has 0 radical (unpaired) electrons. The second-order valence-corrected chi connectivity index (χ2v) is 2.84. The minimum atomic E-state index is -0.557. The highest BCUT2D eigenvalue weighted by molar-refractivity contribution is 7.80. The maximum atomic E-state index is 10.7. The van der Waals surface area contributed by atoms with E-state index in [2.05, 4.69) is 12.6 Å². The normalized spacial score (nSPS) is 9.64. The van der Waals surface area contributed by atoms with E-state index in [9.17, 15) is 4.79 Å². The maximum absolute atomic E-state index is 10.7. The summed E-state index contributed by atoms with van der Waals surface area (Å²) in [7, 11) is 0. The van der Waals surface area contributed by atoms with Gasteiger partial charge in [0.05, 0.1) is 11.3 Å². The van der Waals surface area contributed by atoms with Gasteiger partial charge in [-0.25, -0.2) is 0 Å². The third kappa shape index (κ3) is 1.67. The first kappa shape index (κ1) is 8.43. The number of hydrogen-bond donors (Lipinski definition) is 2. The van der Waals surface area contributed by atoms with E-state index >= 15 is 0 Å². The van der Waals surface area contributed by atoms with Crippen LogP contribution >= 0.6 is 24.2 Å². The van der Waals surface area contributed by atoms with Crippen LogP contribution in [0.1, 0.15) is 10.4 Å². The van der Waals surface area contributed by atoms with E-state index in [-0.39, 0.29) is 0 Å². The summed E-state index contributed by atoms with van der Waals surface area (Å²) in [4.78, 5) is 11.2. The molecule has 0 aromatic heterocycles. The molecule has 0 fully saturated rings. The fourth-order valence-electron chi connectivity index (χ4n) is 0.724. The second-order valence-electron chi connectivity index (χ2n) is 2.01. The van der Waals surface area contributed by atoms with Gasteiger partial charge in [0.2, 0.25) is 0 Å². The highest BCUT2D eigenvalue weighted by atomic mass is 35.5. The Hall–Kier alpha value is -0.670. The van der Waals surface area contributed by atoms with Crippen LogP contribution in [0.5, 0.6) is 0 Å². The molecule has 2 nitrogen and oxygen atoms in total. The standard InChI is InChI=1S/C7H6ClNOS/c8-7(10)4-2-1-3-5(11)6(4)9/h1-3,11H,9H2. The summed E-state index contributed by atoms with van der Waals surface area (Å²) in [5.74, 6) is 0. The lowest BCUT2D eigenvalue weighted by Gasteiger charge is -2.01. The molecule has 0 aliphatic rings. The van der Waals surface area contributed by atoms with Crippen LogP contribution in [-0.4, -0.2) is 5.24 Å². The van der Waals surface area contributed by atoms with Gasteiger partial charge in [-0.1, -0.05) is 6.07 Å². The number of hydrogen-bond acceptors (Lipinski definition) is 3. The highest BCUT2D eigenvalue weighted by Crippen LogP contribution is 2.21. The molecule has 0 heterocycles. The third-order valence-electron chi connectivity index (χ3n) is 1.29. The van der Waals surface area contributed by atoms with Crippen molar-refractivity contribution in [2.75, 3.05) is 5.73 Å². The summed E-state index contributed by atoms with van der Waals surface area (Å²) in [5.41, 5.74) is 6.14. The molecule has 58 valence electrons. The number of anilines is 1. The SMILES string of the molecule is Nc1c(S)cccc1C(=O)Cl. The first-order valence-electron chi connectivity index (χ1n) is 2.90. The van der Waals surface area contributed by atoms with Crippen LogP contribution in [0, 0.1) is 0 Å². The zero-order valence-electron chi connectivity index (χ0n) is 5.54. The number of nitrogen functional groups attached to an aromatic ring is 1. The minimum absolute atomic E-state index is 0.305. The van der Waals surface area contributed by atoms with E-state index < -0.39 is 5.24 Å². The van der Waals surface area contributed by atoms with Crippen molar-refractivity contribution in [1.29, 1.82) is 0 Å². The monoisotopic (exact) mass is 187 g/mol. The Kier molecular flexibility index (Phi) is 2.42. The van der Waals surface area contributed by atoms with Crippen LogP contribution in [0.3, 0.4) is 0 Å². The molecule has 0 amide bonds. The number of nitrogens with two attached hydrogens (primary N) is 1. The molecular weight excluding hydrogens is 182 g/mol. The Morgan fingerprint density at radius 2 is 2.18 bits per heavy atom. The Labute approximate surface area is 74.8 Å². The summed E-state index contributed by atoms with van der Waals surface area (Å²) < 4.78 is 0. The predicted octanol–water partition coefficient (Wildman–Crippen LogP) is 1.94. The van der Waals surface area contributed by atoms with Crippen LogP contribution in [0.15, 0.2) is 23.1 Å². The number of carbonyl (C=O) groups is 1. The zero-order chi connectivity index (χ0) is 8.43. The number of para-hydroxylation sites is 1. The van der Waals surface area contributed by atoms with Gasteiger partial charge in [-0.05, 0) is 23.7 Å². The van der Waals surface area contributed by atoms with Crippen molar-refractivity contribution in [2.45, 2.75) is 4.90 Å². The molecule has 0 saturated carbocycles. The Morgan fingerprint density at radius 1 is 1.55 bits per heavy atom. The first-order valence-corrected chi connectivity index (χ1v) is 3.72. The Morgan fingerprint density at radius 3 is 2.64 bits per heavy atom. The summed E-state index contributed by atoms with van der Waals surface area (Å²) in [6, 6.07) is 4.93. The molecule has 0 atom stereocenters. The van der Waals surface area contributed by atoms with E-state index in [1.54, 1.807) is 18.2 Å². The van der Waals surface area contributed by atoms with Crippen molar-refractivity contribution in [3.8, 4) is 0 Å². The fraction of sp³-hybridized carbons (Fsp3) is 0. The van der Waals surface area contributed by atoms with Crippen molar-refractivity contribution < 1.29 is 4.79 Å². The molecular formula is C7H6ClNOS. The number of halogens is 1. The number of benzene rings is 1. The zero-order valence-corrected chi connectivity index (χ0v) is 7.19. The van der Waals surface area contributed by atoms with Gasteiger partial charge in [0.15, 0.2) is 0 Å². The predicted molar refractivity (Wildman–Crippen MR) is 48.3 cm³/mol. The number of rotatable bonds is 1. The van der Waals surface area contributed by atoms with Crippen molar-refractivity contribution in [3.63, 3.8) is 0 Å². The topological polar surface area (TPSA) is 43.1 Å². The highest BCUT2D eigenvalue weighted by Gasteiger charge is 2.07.